The number of hydrogen-bond acceptors (Lipinski definition) is 6. The molecule has 0 spiro atoms. The van der Waals surface area contributed by atoms with E-state index < -0.39 is 42.4 Å². The van der Waals surface area contributed by atoms with E-state index in [9.17, 15) is 24.3 Å². The molecule has 3 aromatic rings. The van der Waals surface area contributed by atoms with Gasteiger partial charge in [0.25, 0.3) is 0 Å². The number of benzene rings is 3. The van der Waals surface area contributed by atoms with Crippen LogP contribution in [-0.4, -0.2) is 54.8 Å². The Morgan fingerprint density at radius 1 is 0.816 bits per heavy atom. The molecule has 1 aliphatic rings. The molecule has 2 atom stereocenters. The standard InChI is InChI=1S/C29H28N2O7/c1-37-28(35)25(15-18-9-3-2-4-10-18)30-27(34)24(16-26(32)33)31-29(36)38-17-23-21-13-7-5-11-19(21)20-12-6-8-14-22(20)23/h2-14,23-25H,15-17H2,1H3,(H,30,34)(H,31,36)(H,32,33)/t24-,25-/m0/s1. The molecule has 0 unspecified atom stereocenters. The van der Waals surface area contributed by atoms with Crippen molar-refractivity contribution in [2.24, 2.45) is 0 Å². The largest absolute Gasteiger partial charge is 0.481 e. The van der Waals surface area contributed by atoms with E-state index >= 15 is 0 Å². The van der Waals surface area contributed by atoms with Gasteiger partial charge in [0, 0.05) is 12.3 Å². The van der Waals surface area contributed by atoms with Crippen LogP contribution in [-0.2, 0) is 30.3 Å². The molecule has 9 heteroatoms. The number of carboxylic acid groups (broad SMARTS) is 1. The number of fused-ring (bicyclic) bond motifs is 3. The van der Waals surface area contributed by atoms with E-state index in [-0.39, 0.29) is 18.9 Å². The van der Waals surface area contributed by atoms with E-state index in [1.807, 2.05) is 54.6 Å². The molecule has 0 radical (unpaired) electrons. The maximum atomic E-state index is 13.0. The third-order valence-corrected chi connectivity index (χ3v) is 6.42. The summed E-state index contributed by atoms with van der Waals surface area (Å²) in [5.41, 5.74) is 4.92. The summed E-state index contributed by atoms with van der Waals surface area (Å²) in [6, 6.07) is 22.1. The molecule has 0 bridgehead atoms. The van der Waals surface area contributed by atoms with Gasteiger partial charge < -0.3 is 25.2 Å². The molecule has 9 nitrogen and oxygen atoms in total. The number of amides is 2. The van der Waals surface area contributed by atoms with Gasteiger partial charge in [-0.1, -0.05) is 78.9 Å². The maximum Gasteiger partial charge on any atom is 0.407 e. The van der Waals surface area contributed by atoms with Crippen molar-refractivity contribution in [2.75, 3.05) is 13.7 Å². The minimum atomic E-state index is -1.47. The molecular formula is C29H28N2O7. The van der Waals surface area contributed by atoms with E-state index in [0.717, 1.165) is 27.8 Å². The zero-order chi connectivity index (χ0) is 27.1. The Hall–Kier alpha value is -4.66. The maximum absolute atomic E-state index is 13.0. The van der Waals surface area contributed by atoms with Gasteiger partial charge in [0.2, 0.25) is 5.91 Å². The fourth-order valence-corrected chi connectivity index (χ4v) is 4.62. The summed E-state index contributed by atoms with van der Waals surface area (Å²) in [4.78, 5) is 49.4. The molecule has 0 aromatic heterocycles. The van der Waals surface area contributed by atoms with E-state index in [4.69, 9.17) is 9.47 Å². The van der Waals surface area contributed by atoms with E-state index in [1.165, 1.54) is 7.11 Å². The molecule has 0 aliphatic heterocycles. The fourth-order valence-electron chi connectivity index (χ4n) is 4.62. The highest BCUT2D eigenvalue weighted by molar-refractivity contribution is 5.92. The predicted octanol–water partition coefficient (Wildman–Crippen LogP) is 3.27. The van der Waals surface area contributed by atoms with Gasteiger partial charge in [-0.05, 0) is 27.8 Å². The van der Waals surface area contributed by atoms with Crippen LogP contribution >= 0.6 is 0 Å². The summed E-state index contributed by atoms with van der Waals surface area (Å²) < 4.78 is 10.3. The summed E-state index contributed by atoms with van der Waals surface area (Å²) >= 11 is 0. The van der Waals surface area contributed by atoms with Gasteiger partial charge in [-0.25, -0.2) is 9.59 Å². The highest BCUT2D eigenvalue weighted by Gasteiger charge is 2.32. The number of esters is 1. The van der Waals surface area contributed by atoms with Crippen molar-refractivity contribution in [1.29, 1.82) is 0 Å². The number of carbonyl (C=O) groups excluding carboxylic acids is 3. The lowest BCUT2D eigenvalue weighted by Crippen LogP contribution is -2.53. The van der Waals surface area contributed by atoms with Gasteiger partial charge in [0.1, 0.15) is 18.7 Å². The minimum Gasteiger partial charge on any atom is -0.481 e. The van der Waals surface area contributed by atoms with Crippen molar-refractivity contribution in [1.82, 2.24) is 10.6 Å². The third kappa shape index (κ3) is 6.18. The number of carboxylic acids is 1. The fraction of sp³-hybridized carbons (Fsp3) is 0.241. The van der Waals surface area contributed by atoms with Crippen LogP contribution in [0.2, 0.25) is 0 Å². The first-order chi connectivity index (χ1) is 18.4. The minimum absolute atomic E-state index is 0.0000628. The van der Waals surface area contributed by atoms with Gasteiger partial charge >= 0.3 is 18.0 Å². The Kier molecular flexibility index (Phi) is 8.37. The summed E-state index contributed by atoms with van der Waals surface area (Å²) in [5.74, 6) is -3.04. The number of carbonyl (C=O) groups is 4. The van der Waals surface area contributed by atoms with Crippen molar-refractivity contribution in [3.05, 3.63) is 95.6 Å². The highest BCUT2D eigenvalue weighted by Crippen LogP contribution is 2.44. The second kappa shape index (κ2) is 12.1. The van der Waals surface area contributed by atoms with E-state index in [1.54, 1.807) is 24.3 Å². The second-order valence-corrected chi connectivity index (χ2v) is 8.89. The number of methoxy groups -OCH3 is 1. The average Bonchev–Trinajstić information content (AvgIpc) is 3.24. The first-order valence-corrected chi connectivity index (χ1v) is 12.1. The third-order valence-electron chi connectivity index (χ3n) is 6.42. The molecule has 3 N–H and O–H groups in total. The molecule has 38 heavy (non-hydrogen) atoms. The number of rotatable bonds is 10. The summed E-state index contributed by atoms with van der Waals surface area (Å²) in [7, 11) is 1.19. The Morgan fingerprint density at radius 2 is 1.39 bits per heavy atom. The lowest BCUT2D eigenvalue weighted by Gasteiger charge is -2.22. The molecule has 0 fully saturated rings. The SMILES string of the molecule is COC(=O)[C@H](Cc1ccccc1)NC(=O)[C@H](CC(=O)O)NC(=O)OCC1c2ccccc2-c2ccccc21. The summed E-state index contributed by atoms with van der Waals surface area (Å²) in [6.07, 6.45) is -1.51. The quantitative estimate of drug-likeness (QED) is 0.353. The van der Waals surface area contributed by atoms with Crippen LogP contribution in [0, 0.1) is 0 Å². The number of hydrogen-bond donors (Lipinski definition) is 3. The van der Waals surface area contributed by atoms with Crippen molar-refractivity contribution >= 4 is 23.9 Å². The molecule has 196 valence electrons. The summed E-state index contributed by atoms with van der Waals surface area (Å²) in [5, 5.41) is 14.2. The lowest BCUT2D eigenvalue weighted by molar-refractivity contribution is -0.145. The first kappa shape index (κ1) is 26.4. The molecule has 0 saturated carbocycles. The molecule has 0 saturated heterocycles. The van der Waals surface area contributed by atoms with Crippen molar-refractivity contribution < 1.29 is 33.8 Å². The number of nitrogens with one attached hydrogen (secondary N) is 2. The number of alkyl carbamates (subject to hydrolysis) is 1. The van der Waals surface area contributed by atoms with Crippen LogP contribution in [0.4, 0.5) is 4.79 Å². The van der Waals surface area contributed by atoms with Crippen LogP contribution < -0.4 is 10.6 Å². The molecule has 3 aromatic carbocycles. The van der Waals surface area contributed by atoms with Gasteiger partial charge in [0.15, 0.2) is 0 Å². The second-order valence-electron chi connectivity index (χ2n) is 8.89. The normalized spacial score (nSPS) is 13.4. The van der Waals surface area contributed by atoms with Crippen LogP contribution in [0.25, 0.3) is 11.1 Å². The van der Waals surface area contributed by atoms with Gasteiger partial charge in [-0.2, -0.15) is 0 Å². The highest BCUT2D eigenvalue weighted by atomic mass is 16.5. The zero-order valence-corrected chi connectivity index (χ0v) is 20.8. The molecule has 0 heterocycles. The van der Waals surface area contributed by atoms with E-state index in [0.29, 0.717) is 0 Å². The van der Waals surface area contributed by atoms with Gasteiger partial charge in [0.05, 0.1) is 13.5 Å². The first-order valence-electron chi connectivity index (χ1n) is 12.1. The van der Waals surface area contributed by atoms with Crippen LogP contribution in [0.3, 0.4) is 0 Å². The Morgan fingerprint density at radius 3 is 1.97 bits per heavy atom. The zero-order valence-electron chi connectivity index (χ0n) is 20.8. The topological polar surface area (TPSA) is 131 Å². The Labute approximate surface area is 219 Å². The van der Waals surface area contributed by atoms with Crippen LogP contribution in [0.15, 0.2) is 78.9 Å². The van der Waals surface area contributed by atoms with Crippen LogP contribution in [0.1, 0.15) is 29.0 Å². The Bertz CT molecular complexity index is 1280. The predicted molar refractivity (Wildman–Crippen MR) is 138 cm³/mol. The molecule has 4 rings (SSSR count). The van der Waals surface area contributed by atoms with Crippen LogP contribution in [0.5, 0.6) is 0 Å². The van der Waals surface area contributed by atoms with Crippen molar-refractivity contribution in [2.45, 2.75) is 30.8 Å². The number of ether oxygens (including phenoxy) is 2. The van der Waals surface area contributed by atoms with E-state index in [2.05, 4.69) is 10.6 Å². The molecule has 1 aliphatic carbocycles. The number of aliphatic carboxylic acids is 1. The summed E-state index contributed by atoms with van der Waals surface area (Å²) in [6.45, 7) is 0.0000628. The van der Waals surface area contributed by atoms with Crippen molar-refractivity contribution in [3.63, 3.8) is 0 Å². The smallest absolute Gasteiger partial charge is 0.407 e. The average molecular weight is 517 g/mol. The Balaban J connectivity index is 1.42. The molecule has 2 amide bonds. The van der Waals surface area contributed by atoms with Gasteiger partial charge in [-0.3, -0.25) is 9.59 Å². The lowest BCUT2D eigenvalue weighted by atomic mass is 9.98. The molecular weight excluding hydrogens is 488 g/mol. The van der Waals surface area contributed by atoms with Crippen molar-refractivity contribution in [3.8, 4) is 11.1 Å². The van der Waals surface area contributed by atoms with Gasteiger partial charge in [-0.15, -0.1) is 0 Å². The monoisotopic (exact) mass is 516 g/mol.